The molecule has 2 aromatic rings. The molecule has 0 fully saturated rings. The minimum atomic E-state index is 0.197. The van der Waals surface area contributed by atoms with Crippen LogP contribution in [0.5, 0.6) is 0 Å². The maximum atomic E-state index is 5.25. The van der Waals surface area contributed by atoms with Crippen LogP contribution in [0.2, 0.25) is 0 Å². The summed E-state index contributed by atoms with van der Waals surface area (Å²) >= 11 is 0. The van der Waals surface area contributed by atoms with Crippen LogP contribution in [0.4, 0.5) is 0 Å². The summed E-state index contributed by atoms with van der Waals surface area (Å²) in [6.45, 7) is 7.39. The van der Waals surface area contributed by atoms with Gasteiger partial charge < -0.3 is 9.84 Å². The molecule has 0 saturated carbocycles. The van der Waals surface area contributed by atoms with Crippen LogP contribution in [0.25, 0.3) is 11.1 Å². The van der Waals surface area contributed by atoms with Gasteiger partial charge in [0.05, 0.1) is 11.1 Å². The van der Waals surface area contributed by atoms with Gasteiger partial charge in [0.15, 0.2) is 0 Å². The average Bonchev–Trinajstić information content (AvgIpc) is 2.60. The zero-order valence-electron chi connectivity index (χ0n) is 10.9. The van der Waals surface area contributed by atoms with Crippen LogP contribution in [0.1, 0.15) is 32.0 Å². The summed E-state index contributed by atoms with van der Waals surface area (Å²) in [7, 11) is 1.92. The number of nitrogens with one attached hydrogen (secondary N) is 1. The lowest BCUT2D eigenvalue weighted by Gasteiger charge is -2.15. The summed E-state index contributed by atoms with van der Waals surface area (Å²) in [5, 5.41) is 8.28. The minimum absolute atomic E-state index is 0.197. The topological polar surface area (TPSA) is 51.0 Å². The zero-order chi connectivity index (χ0) is 12.5. The molecule has 1 N–H and O–H groups in total. The van der Waals surface area contributed by atoms with Crippen molar-refractivity contribution in [2.45, 2.75) is 33.7 Å². The molecule has 0 atom stereocenters. The summed E-state index contributed by atoms with van der Waals surface area (Å²) in [6, 6.07) is 2.11. The molecule has 17 heavy (non-hydrogen) atoms. The van der Waals surface area contributed by atoms with Crippen LogP contribution in [-0.4, -0.2) is 17.2 Å². The van der Waals surface area contributed by atoms with Gasteiger partial charge in [0.1, 0.15) is 0 Å². The minimum Gasteiger partial charge on any atom is -0.336 e. The van der Waals surface area contributed by atoms with E-state index in [1.807, 2.05) is 13.2 Å². The Morgan fingerprint density at radius 3 is 2.76 bits per heavy atom. The molecule has 0 spiro atoms. The van der Waals surface area contributed by atoms with E-state index < -0.39 is 0 Å². The molecule has 0 aliphatic carbocycles. The maximum absolute atomic E-state index is 5.25. The maximum Gasteiger partial charge on any atom is 0.257 e. The number of aromatic nitrogens is 2. The predicted octanol–water partition coefficient (Wildman–Crippen LogP) is 2.53. The molecule has 2 heterocycles. The van der Waals surface area contributed by atoms with Crippen LogP contribution in [-0.2, 0) is 13.0 Å². The van der Waals surface area contributed by atoms with Gasteiger partial charge in [0, 0.05) is 12.7 Å². The molecule has 4 nitrogen and oxygen atoms in total. The van der Waals surface area contributed by atoms with Crippen LogP contribution in [0.15, 0.2) is 16.8 Å². The number of hydrogen-bond donors (Lipinski definition) is 1. The van der Waals surface area contributed by atoms with Gasteiger partial charge >= 0.3 is 0 Å². The highest BCUT2D eigenvalue weighted by molar-refractivity contribution is 5.76. The zero-order valence-corrected chi connectivity index (χ0v) is 10.9. The number of rotatable bonds is 3. The lowest BCUT2D eigenvalue weighted by Crippen LogP contribution is -2.10. The molecule has 0 saturated heterocycles. The fourth-order valence-electron chi connectivity index (χ4n) is 1.85. The Morgan fingerprint density at radius 1 is 1.35 bits per heavy atom. The fraction of sp³-hybridized carbons (Fsp3) is 0.538. The summed E-state index contributed by atoms with van der Waals surface area (Å²) in [5.41, 5.74) is 2.98. The smallest absolute Gasteiger partial charge is 0.257 e. The highest BCUT2D eigenvalue weighted by atomic mass is 16.5. The Bertz CT molecular complexity index is 511. The Labute approximate surface area is 101 Å². The van der Waals surface area contributed by atoms with Crippen molar-refractivity contribution in [3.8, 4) is 0 Å². The van der Waals surface area contributed by atoms with E-state index in [-0.39, 0.29) is 5.41 Å². The second-order valence-corrected chi connectivity index (χ2v) is 5.59. The Kier molecular flexibility index (Phi) is 3.15. The first kappa shape index (κ1) is 12.0. The summed E-state index contributed by atoms with van der Waals surface area (Å²) in [5.74, 6) is 0. The number of pyridine rings is 1. The van der Waals surface area contributed by atoms with Crippen molar-refractivity contribution in [2.24, 2.45) is 5.41 Å². The first-order valence-electron chi connectivity index (χ1n) is 5.87. The van der Waals surface area contributed by atoms with E-state index in [0.717, 1.165) is 29.6 Å². The second kappa shape index (κ2) is 4.45. The highest BCUT2D eigenvalue weighted by Crippen LogP contribution is 2.25. The molecule has 0 aromatic carbocycles. The number of hydrogen-bond acceptors (Lipinski definition) is 4. The molecule has 0 amide bonds. The largest absolute Gasteiger partial charge is 0.336 e. The number of fused-ring (bicyclic) bond motifs is 1. The van der Waals surface area contributed by atoms with Crippen molar-refractivity contribution in [3.63, 3.8) is 0 Å². The lowest BCUT2D eigenvalue weighted by molar-refractivity contribution is 0.380. The molecule has 0 bridgehead atoms. The van der Waals surface area contributed by atoms with Crippen molar-refractivity contribution in [3.05, 3.63) is 23.5 Å². The number of nitrogens with zero attached hydrogens (tertiary/aromatic N) is 2. The Balaban J connectivity index is 2.39. The summed E-state index contributed by atoms with van der Waals surface area (Å²) in [4.78, 5) is 4.28. The van der Waals surface area contributed by atoms with E-state index in [9.17, 15) is 0 Å². The third kappa shape index (κ3) is 2.82. The molecule has 0 unspecified atom stereocenters. The van der Waals surface area contributed by atoms with Gasteiger partial charge in [-0.3, -0.25) is 0 Å². The first-order chi connectivity index (χ1) is 7.99. The summed E-state index contributed by atoms with van der Waals surface area (Å²) < 4.78 is 5.25. The van der Waals surface area contributed by atoms with Gasteiger partial charge in [-0.1, -0.05) is 25.9 Å². The predicted molar refractivity (Wildman–Crippen MR) is 67.7 cm³/mol. The molecule has 92 valence electrons. The monoisotopic (exact) mass is 233 g/mol. The molecular formula is C13H19N3O. The SMILES string of the molecule is CNCc1cnc2onc(CC(C)(C)C)c2c1. The molecule has 0 aliphatic heterocycles. The van der Waals surface area contributed by atoms with Crippen LogP contribution in [0.3, 0.4) is 0 Å². The molecule has 4 heteroatoms. The molecule has 0 aliphatic rings. The van der Waals surface area contributed by atoms with Gasteiger partial charge in [0.2, 0.25) is 0 Å². The normalized spacial score (nSPS) is 12.2. The van der Waals surface area contributed by atoms with E-state index in [1.165, 1.54) is 0 Å². The fourth-order valence-corrected chi connectivity index (χ4v) is 1.85. The average molecular weight is 233 g/mol. The van der Waals surface area contributed by atoms with E-state index in [2.05, 4.69) is 42.3 Å². The lowest BCUT2D eigenvalue weighted by atomic mass is 9.90. The second-order valence-electron chi connectivity index (χ2n) is 5.59. The van der Waals surface area contributed by atoms with Gasteiger partial charge in [0.25, 0.3) is 5.71 Å². The van der Waals surface area contributed by atoms with Crippen LogP contribution in [0, 0.1) is 5.41 Å². The first-order valence-corrected chi connectivity index (χ1v) is 5.87. The van der Waals surface area contributed by atoms with Crippen molar-refractivity contribution in [2.75, 3.05) is 7.05 Å². The standard InChI is InChI=1S/C13H19N3O/c1-13(2,3)6-11-10-5-9(7-14-4)8-15-12(10)17-16-11/h5,8,14H,6-7H2,1-4H3. The van der Waals surface area contributed by atoms with Gasteiger partial charge in [-0.2, -0.15) is 0 Å². The van der Waals surface area contributed by atoms with Gasteiger partial charge in [-0.15, -0.1) is 0 Å². The Morgan fingerprint density at radius 2 is 2.12 bits per heavy atom. The van der Waals surface area contributed by atoms with Gasteiger partial charge in [-0.25, -0.2) is 4.98 Å². The Hall–Kier alpha value is -1.42. The third-order valence-electron chi connectivity index (χ3n) is 2.54. The highest BCUT2D eigenvalue weighted by Gasteiger charge is 2.17. The molecule has 2 aromatic heterocycles. The van der Waals surface area contributed by atoms with E-state index in [0.29, 0.717) is 5.71 Å². The van der Waals surface area contributed by atoms with Crippen molar-refractivity contribution in [1.82, 2.24) is 15.5 Å². The van der Waals surface area contributed by atoms with Gasteiger partial charge in [-0.05, 0) is 30.5 Å². The molecule has 2 rings (SSSR count). The van der Waals surface area contributed by atoms with E-state index >= 15 is 0 Å². The van der Waals surface area contributed by atoms with E-state index in [4.69, 9.17) is 4.52 Å². The van der Waals surface area contributed by atoms with Crippen LogP contribution < -0.4 is 5.32 Å². The summed E-state index contributed by atoms with van der Waals surface area (Å²) in [6.07, 6.45) is 2.72. The van der Waals surface area contributed by atoms with Crippen LogP contribution >= 0.6 is 0 Å². The van der Waals surface area contributed by atoms with Crippen molar-refractivity contribution >= 4 is 11.1 Å². The molecule has 0 radical (unpaired) electrons. The van der Waals surface area contributed by atoms with Crippen molar-refractivity contribution in [1.29, 1.82) is 0 Å². The van der Waals surface area contributed by atoms with E-state index in [1.54, 1.807) is 0 Å². The third-order valence-corrected chi connectivity index (χ3v) is 2.54. The van der Waals surface area contributed by atoms with Crippen molar-refractivity contribution < 1.29 is 4.52 Å². The molecular weight excluding hydrogens is 214 g/mol. The quantitative estimate of drug-likeness (QED) is 0.885.